The Morgan fingerprint density at radius 1 is 1.09 bits per heavy atom. The zero-order valence-electron chi connectivity index (χ0n) is 19.5. The minimum Gasteiger partial charge on any atom is -0.334 e. The maximum absolute atomic E-state index is 13.2. The van der Waals surface area contributed by atoms with E-state index in [-0.39, 0.29) is 11.9 Å². The molecular weight excluding hydrogens is 414 g/mol. The minimum absolute atomic E-state index is 0.0847. The number of rotatable bonds is 2. The van der Waals surface area contributed by atoms with E-state index in [4.69, 9.17) is 20.2 Å². The summed E-state index contributed by atoms with van der Waals surface area (Å²) in [6, 6.07) is 0.0847. The molecule has 3 aliphatic rings. The molecule has 0 spiro atoms. The summed E-state index contributed by atoms with van der Waals surface area (Å²) in [5.41, 5.74) is 8.06. The minimum atomic E-state index is 0.0847. The Labute approximate surface area is 193 Å². The molecule has 0 radical (unpaired) electrons. The number of hydrogen-bond acceptors (Lipinski definition) is 5. The first-order valence-corrected chi connectivity index (χ1v) is 11.9. The smallest absolute Gasteiger partial charge is 0.223 e. The van der Waals surface area contributed by atoms with Crippen LogP contribution >= 0.6 is 0 Å². The van der Waals surface area contributed by atoms with Gasteiger partial charge in [-0.05, 0) is 33.1 Å². The van der Waals surface area contributed by atoms with Crippen molar-refractivity contribution in [3.63, 3.8) is 0 Å². The third-order valence-corrected chi connectivity index (χ3v) is 6.87. The average Bonchev–Trinajstić information content (AvgIpc) is 3.24. The van der Waals surface area contributed by atoms with Gasteiger partial charge in [-0.2, -0.15) is 10.2 Å². The molecule has 1 fully saturated rings. The number of fused-ring (bicyclic) bond motifs is 6. The van der Waals surface area contributed by atoms with Crippen molar-refractivity contribution in [2.45, 2.75) is 71.0 Å². The van der Waals surface area contributed by atoms with Crippen molar-refractivity contribution in [2.75, 3.05) is 0 Å². The summed E-state index contributed by atoms with van der Waals surface area (Å²) in [6.07, 6.45) is 12.7. The van der Waals surface area contributed by atoms with Crippen molar-refractivity contribution in [3.05, 3.63) is 53.0 Å². The van der Waals surface area contributed by atoms with Crippen molar-refractivity contribution < 1.29 is 4.79 Å². The van der Waals surface area contributed by atoms with Crippen molar-refractivity contribution >= 4 is 11.5 Å². The standard InChI is InChI=1S/C25H29N7O/c1-15(2)32-14-22-19(12-30(3)28-22)21-11-26-20-9-8-17(25(20)27-21)18-13-31(10-4-5-23(32)33)29-24(18)16-6-7-16/h8,11-13,15-16H,4-7,9-10,14H2,1-3H3. The molecule has 8 nitrogen and oxygen atoms in total. The van der Waals surface area contributed by atoms with E-state index >= 15 is 0 Å². The molecule has 33 heavy (non-hydrogen) atoms. The lowest BCUT2D eigenvalue weighted by Crippen LogP contribution is -2.36. The molecule has 3 aromatic rings. The zero-order valence-corrected chi connectivity index (χ0v) is 19.5. The molecule has 1 amide bonds. The maximum atomic E-state index is 13.2. The highest BCUT2D eigenvalue weighted by Gasteiger charge is 2.33. The molecule has 6 rings (SSSR count). The number of carbonyl (C=O) groups is 1. The van der Waals surface area contributed by atoms with Crippen molar-refractivity contribution in [1.82, 2.24) is 34.4 Å². The van der Waals surface area contributed by atoms with Gasteiger partial charge in [0.2, 0.25) is 5.91 Å². The molecule has 0 saturated heterocycles. The van der Waals surface area contributed by atoms with Crippen LogP contribution in [-0.4, -0.2) is 46.4 Å². The Hall–Kier alpha value is -3.29. The third-order valence-electron chi connectivity index (χ3n) is 6.87. The number of allylic oxidation sites excluding steroid dienone is 1. The van der Waals surface area contributed by atoms with E-state index in [0.717, 1.165) is 53.3 Å². The molecule has 0 unspecified atom stereocenters. The van der Waals surface area contributed by atoms with Crippen LogP contribution in [0.3, 0.4) is 0 Å². The summed E-state index contributed by atoms with van der Waals surface area (Å²) in [7, 11) is 1.91. The second-order valence-corrected chi connectivity index (χ2v) is 9.72. The lowest BCUT2D eigenvalue weighted by Gasteiger charge is -2.26. The first kappa shape index (κ1) is 20.3. The van der Waals surface area contributed by atoms with Gasteiger partial charge in [0.25, 0.3) is 0 Å². The van der Waals surface area contributed by atoms with Crippen LogP contribution in [0.5, 0.6) is 0 Å². The molecule has 0 N–H and O–H groups in total. The zero-order chi connectivity index (χ0) is 22.7. The van der Waals surface area contributed by atoms with Gasteiger partial charge in [-0.25, -0.2) is 4.98 Å². The Kier molecular flexibility index (Phi) is 4.71. The van der Waals surface area contributed by atoms with E-state index in [2.05, 4.69) is 26.1 Å². The van der Waals surface area contributed by atoms with E-state index < -0.39 is 0 Å². The highest BCUT2D eigenvalue weighted by atomic mass is 16.2. The van der Waals surface area contributed by atoms with Crippen LogP contribution < -0.4 is 0 Å². The van der Waals surface area contributed by atoms with Crippen LogP contribution in [0.1, 0.15) is 73.8 Å². The molecule has 0 atom stereocenters. The number of amides is 1. The quantitative estimate of drug-likeness (QED) is 0.606. The van der Waals surface area contributed by atoms with Gasteiger partial charge < -0.3 is 4.90 Å². The van der Waals surface area contributed by atoms with Crippen LogP contribution in [0.2, 0.25) is 0 Å². The highest BCUT2D eigenvalue weighted by Crippen LogP contribution is 2.44. The van der Waals surface area contributed by atoms with Crippen molar-refractivity contribution in [3.8, 4) is 11.3 Å². The van der Waals surface area contributed by atoms with Crippen LogP contribution in [0.4, 0.5) is 0 Å². The van der Waals surface area contributed by atoms with Crippen LogP contribution in [0.25, 0.3) is 16.8 Å². The average molecular weight is 444 g/mol. The summed E-state index contributed by atoms with van der Waals surface area (Å²) in [6.45, 7) is 5.31. The van der Waals surface area contributed by atoms with Gasteiger partial charge >= 0.3 is 0 Å². The fraction of sp³-hybridized carbons (Fsp3) is 0.480. The summed E-state index contributed by atoms with van der Waals surface area (Å²) in [5.74, 6) is 0.680. The summed E-state index contributed by atoms with van der Waals surface area (Å²) in [4.78, 5) is 25.0. The predicted molar refractivity (Wildman–Crippen MR) is 124 cm³/mol. The molecule has 2 aliphatic carbocycles. The topological polar surface area (TPSA) is 81.7 Å². The maximum Gasteiger partial charge on any atom is 0.223 e. The van der Waals surface area contributed by atoms with Gasteiger partial charge in [-0.3, -0.25) is 19.1 Å². The van der Waals surface area contributed by atoms with Gasteiger partial charge in [-0.1, -0.05) is 6.08 Å². The Morgan fingerprint density at radius 3 is 2.73 bits per heavy atom. The predicted octanol–water partition coefficient (Wildman–Crippen LogP) is 3.47. The largest absolute Gasteiger partial charge is 0.334 e. The second-order valence-electron chi connectivity index (χ2n) is 9.72. The molecule has 8 heteroatoms. The molecule has 3 aromatic heterocycles. The monoisotopic (exact) mass is 443 g/mol. The summed E-state index contributed by atoms with van der Waals surface area (Å²) >= 11 is 0. The van der Waals surface area contributed by atoms with E-state index in [1.165, 1.54) is 24.1 Å². The normalized spacial score (nSPS) is 18.2. The molecule has 4 heterocycles. The van der Waals surface area contributed by atoms with Gasteiger partial charge in [0, 0.05) is 67.5 Å². The lowest BCUT2D eigenvalue weighted by atomic mass is 10.0. The van der Waals surface area contributed by atoms with Crippen LogP contribution in [-0.2, 0) is 31.4 Å². The highest BCUT2D eigenvalue weighted by molar-refractivity contribution is 5.84. The summed E-state index contributed by atoms with van der Waals surface area (Å²) in [5, 5.41) is 9.65. The summed E-state index contributed by atoms with van der Waals surface area (Å²) < 4.78 is 3.83. The fourth-order valence-electron chi connectivity index (χ4n) is 4.98. The first-order valence-electron chi connectivity index (χ1n) is 11.9. The second kappa shape index (κ2) is 7.64. The number of carbonyl (C=O) groups excluding carboxylic acids is 1. The number of aryl methyl sites for hydroxylation is 2. The van der Waals surface area contributed by atoms with E-state index in [1.807, 2.05) is 29.0 Å². The Morgan fingerprint density at radius 2 is 1.94 bits per heavy atom. The van der Waals surface area contributed by atoms with Crippen molar-refractivity contribution in [1.29, 1.82) is 0 Å². The Balaban J connectivity index is 1.51. The molecular formula is C25H29N7O. The SMILES string of the molecule is CC(C)N1Cc2nn(C)cc2-c2cnc3c(n2)C(=CC3)c2cn(nc2C2CC2)CCCC1=O. The molecule has 1 saturated carbocycles. The molecule has 4 bridgehead atoms. The van der Waals surface area contributed by atoms with E-state index in [9.17, 15) is 4.79 Å². The van der Waals surface area contributed by atoms with E-state index in [0.29, 0.717) is 18.9 Å². The van der Waals surface area contributed by atoms with Crippen molar-refractivity contribution in [2.24, 2.45) is 7.05 Å². The Bertz CT molecular complexity index is 1280. The van der Waals surface area contributed by atoms with Gasteiger partial charge in [0.1, 0.15) is 0 Å². The third kappa shape index (κ3) is 3.57. The van der Waals surface area contributed by atoms with Gasteiger partial charge in [-0.15, -0.1) is 0 Å². The fourth-order valence-corrected chi connectivity index (χ4v) is 4.98. The molecule has 1 aliphatic heterocycles. The van der Waals surface area contributed by atoms with Crippen LogP contribution in [0.15, 0.2) is 24.7 Å². The number of aromatic nitrogens is 6. The van der Waals surface area contributed by atoms with E-state index in [1.54, 1.807) is 4.68 Å². The van der Waals surface area contributed by atoms with Gasteiger partial charge in [0.05, 0.1) is 41.2 Å². The number of hydrogen-bond donors (Lipinski definition) is 0. The molecule has 0 aromatic carbocycles. The molecule has 170 valence electrons. The van der Waals surface area contributed by atoms with Crippen LogP contribution in [0, 0.1) is 0 Å². The lowest BCUT2D eigenvalue weighted by molar-refractivity contribution is -0.133. The van der Waals surface area contributed by atoms with Gasteiger partial charge in [0.15, 0.2) is 0 Å². The first-order chi connectivity index (χ1) is 16.0. The number of nitrogens with zero attached hydrogens (tertiary/aromatic N) is 7.